The number of nitrogens with zero attached hydrogens (tertiary/aromatic N) is 2. The lowest BCUT2D eigenvalue weighted by atomic mass is 10.1. The lowest BCUT2D eigenvalue weighted by Crippen LogP contribution is -2.34. The molecule has 0 saturated heterocycles. The average Bonchev–Trinajstić information content (AvgIpc) is 3.17. The molecule has 0 saturated carbocycles. The van der Waals surface area contributed by atoms with E-state index in [4.69, 9.17) is 4.42 Å². The van der Waals surface area contributed by atoms with Gasteiger partial charge in [0.25, 0.3) is 0 Å². The molecule has 1 N–H and O–H groups in total. The van der Waals surface area contributed by atoms with Crippen LogP contribution < -0.4 is 5.32 Å². The average molecular weight is 410 g/mol. The monoisotopic (exact) mass is 409 g/mol. The molecule has 1 atom stereocenters. The molecule has 158 valence electrons. The zero-order chi connectivity index (χ0) is 21.7. The van der Waals surface area contributed by atoms with Gasteiger partial charge in [0.2, 0.25) is 5.91 Å². The van der Waals surface area contributed by atoms with Gasteiger partial charge in [0.15, 0.2) is 11.7 Å². The second-order valence-corrected chi connectivity index (χ2v) is 7.76. The van der Waals surface area contributed by atoms with Crippen LogP contribution in [0.4, 0.5) is 4.39 Å². The van der Waals surface area contributed by atoms with E-state index in [-0.39, 0.29) is 24.2 Å². The van der Waals surface area contributed by atoms with Crippen molar-refractivity contribution in [2.24, 2.45) is 0 Å². The van der Waals surface area contributed by atoms with Crippen LogP contribution in [0.3, 0.4) is 0 Å². The number of rotatable bonds is 8. The Bertz CT molecular complexity index is 1010. The zero-order valence-electron chi connectivity index (χ0n) is 17.9. The summed E-state index contributed by atoms with van der Waals surface area (Å²) in [6.07, 6.45) is 2.39. The Labute approximate surface area is 176 Å². The predicted molar refractivity (Wildman–Crippen MR) is 116 cm³/mol. The van der Waals surface area contributed by atoms with E-state index in [1.165, 1.54) is 23.3 Å². The first-order valence-electron chi connectivity index (χ1n) is 10.0. The van der Waals surface area contributed by atoms with Crippen molar-refractivity contribution in [3.63, 3.8) is 0 Å². The standard InChI is InChI=1S/C24H28FN3O2/c1-16-8-9-19(12-17(16)2)22-15-27-24(30-22)11-10-23(29)26-14-21(28(3)4)18-6-5-7-20(25)13-18/h5-9,12-13,15,21H,10-11,14H2,1-4H3,(H,26,29)/t21-/m0/s1. The molecule has 6 heteroatoms. The summed E-state index contributed by atoms with van der Waals surface area (Å²) < 4.78 is 19.4. The molecule has 2 aromatic carbocycles. The topological polar surface area (TPSA) is 58.4 Å². The van der Waals surface area contributed by atoms with Crippen LogP contribution in [0.2, 0.25) is 0 Å². The van der Waals surface area contributed by atoms with Crippen LogP contribution in [0.25, 0.3) is 11.3 Å². The molecular weight excluding hydrogens is 381 g/mol. The summed E-state index contributed by atoms with van der Waals surface area (Å²) in [5.74, 6) is 0.860. The first-order chi connectivity index (χ1) is 14.3. The van der Waals surface area contributed by atoms with Crippen LogP contribution in [0.15, 0.2) is 53.1 Å². The summed E-state index contributed by atoms with van der Waals surface area (Å²) in [5.41, 5.74) is 4.22. The zero-order valence-corrected chi connectivity index (χ0v) is 17.9. The summed E-state index contributed by atoms with van der Waals surface area (Å²) >= 11 is 0. The highest BCUT2D eigenvalue weighted by Gasteiger charge is 2.16. The minimum absolute atomic E-state index is 0.0933. The van der Waals surface area contributed by atoms with Crippen LogP contribution in [0.1, 0.15) is 35.0 Å². The molecule has 30 heavy (non-hydrogen) atoms. The Balaban J connectivity index is 1.54. The maximum Gasteiger partial charge on any atom is 0.220 e. The molecule has 0 aliphatic carbocycles. The van der Waals surface area contributed by atoms with Gasteiger partial charge in [0.1, 0.15) is 5.82 Å². The van der Waals surface area contributed by atoms with Crippen molar-refractivity contribution in [3.05, 3.63) is 77.1 Å². The number of likely N-dealkylation sites (N-methyl/N-ethyl adjacent to an activating group) is 1. The van der Waals surface area contributed by atoms with Crippen molar-refractivity contribution in [3.8, 4) is 11.3 Å². The molecule has 0 fully saturated rings. The van der Waals surface area contributed by atoms with Crippen LogP contribution in [0.5, 0.6) is 0 Å². The highest BCUT2D eigenvalue weighted by Crippen LogP contribution is 2.23. The van der Waals surface area contributed by atoms with E-state index < -0.39 is 0 Å². The molecule has 1 aromatic heterocycles. The molecular formula is C24H28FN3O2. The second-order valence-electron chi connectivity index (χ2n) is 7.76. The molecule has 3 rings (SSSR count). The number of halogens is 1. The van der Waals surface area contributed by atoms with Gasteiger partial charge in [-0.25, -0.2) is 9.37 Å². The Morgan fingerprint density at radius 3 is 2.67 bits per heavy atom. The Kier molecular flexibility index (Phi) is 7.00. The molecule has 1 heterocycles. The van der Waals surface area contributed by atoms with Crippen molar-refractivity contribution < 1.29 is 13.6 Å². The number of aryl methyl sites for hydroxylation is 3. The fourth-order valence-electron chi connectivity index (χ4n) is 3.29. The molecule has 5 nitrogen and oxygen atoms in total. The quantitative estimate of drug-likeness (QED) is 0.597. The number of hydrogen-bond acceptors (Lipinski definition) is 4. The minimum Gasteiger partial charge on any atom is -0.441 e. The third-order valence-corrected chi connectivity index (χ3v) is 5.26. The Morgan fingerprint density at radius 1 is 1.17 bits per heavy atom. The smallest absolute Gasteiger partial charge is 0.220 e. The third kappa shape index (κ3) is 5.54. The van der Waals surface area contributed by atoms with Crippen molar-refractivity contribution in [1.82, 2.24) is 15.2 Å². The number of hydrogen-bond donors (Lipinski definition) is 1. The lowest BCUT2D eigenvalue weighted by Gasteiger charge is -2.25. The molecule has 0 unspecified atom stereocenters. The molecule has 0 spiro atoms. The number of carbonyl (C=O) groups is 1. The maximum absolute atomic E-state index is 13.5. The number of amides is 1. The maximum atomic E-state index is 13.5. The van der Waals surface area contributed by atoms with E-state index in [9.17, 15) is 9.18 Å². The van der Waals surface area contributed by atoms with Crippen molar-refractivity contribution >= 4 is 5.91 Å². The third-order valence-electron chi connectivity index (χ3n) is 5.26. The van der Waals surface area contributed by atoms with Crippen molar-refractivity contribution in [1.29, 1.82) is 0 Å². The van der Waals surface area contributed by atoms with Gasteiger partial charge in [-0.3, -0.25) is 4.79 Å². The second kappa shape index (κ2) is 9.67. The van der Waals surface area contributed by atoms with E-state index in [2.05, 4.69) is 36.3 Å². The van der Waals surface area contributed by atoms with Gasteiger partial charge in [-0.2, -0.15) is 0 Å². The highest BCUT2D eigenvalue weighted by molar-refractivity contribution is 5.76. The number of nitrogens with one attached hydrogen (secondary N) is 1. The van der Waals surface area contributed by atoms with Gasteiger partial charge in [0.05, 0.1) is 12.2 Å². The normalized spacial score (nSPS) is 12.2. The van der Waals surface area contributed by atoms with Gasteiger partial charge in [-0.05, 0) is 62.8 Å². The van der Waals surface area contributed by atoms with Crippen LogP contribution in [0, 0.1) is 19.7 Å². The molecule has 0 bridgehead atoms. The first kappa shape index (κ1) is 21.7. The van der Waals surface area contributed by atoms with Gasteiger partial charge in [-0.1, -0.05) is 24.3 Å². The number of aromatic nitrogens is 1. The Hall–Kier alpha value is -2.99. The van der Waals surface area contributed by atoms with Crippen molar-refractivity contribution in [2.45, 2.75) is 32.7 Å². The number of oxazole rings is 1. The predicted octanol–water partition coefficient (Wildman–Crippen LogP) is 4.45. The van der Waals surface area contributed by atoms with E-state index in [0.717, 1.165) is 11.1 Å². The highest BCUT2D eigenvalue weighted by atomic mass is 19.1. The van der Waals surface area contributed by atoms with Gasteiger partial charge < -0.3 is 14.6 Å². The largest absolute Gasteiger partial charge is 0.441 e. The van der Waals surface area contributed by atoms with E-state index >= 15 is 0 Å². The summed E-state index contributed by atoms with van der Waals surface area (Å²) in [6, 6.07) is 12.5. The summed E-state index contributed by atoms with van der Waals surface area (Å²) in [5, 5.41) is 2.93. The van der Waals surface area contributed by atoms with Crippen LogP contribution in [-0.4, -0.2) is 36.4 Å². The Morgan fingerprint density at radius 2 is 1.97 bits per heavy atom. The SMILES string of the molecule is Cc1ccc(-c2cnc(CCC(=O)NC[C@@H](c3cccc(F)c3)N(C)C)o2)cc1C. The molecule has 1 amide bonds. The molecule has 0 radical (unpaired) electrons. The van der Waals surface area contributed by atoms with Gasteiger partial charge in [0, 0.05) is 24.9 Å². The first-order valence-corrected chi connectivity index (χ1v) is 10.0. The van der Waals surface area contributed by atoms with E-state index in [0.29, 0.717) is 24.6 Å². The van der Waals surface area contributed by atoms with Crippen molar-refractivity contribution in [2.75, 3.05) is 20.6 Å². The fraction of sp³-hybridized carbons (Fsp3) is 0.333. The van der Waals surface area contributed by atoms with Gasteiger partial charge in [-0.15, -0.1) is 0 Å². The van der Waals surface area contributed by atoms with E-state index in [1.807, 2.05) is 31.1 Å². The molecule has 3 aromatic rings. The van der Waals surface area contributed by atoms with Crippen LogP contribution in [-0.2, 0) is 11.2 Å². The summed E-state index contributed by atoms with van der Waals surface area (Å²) in [7, 11) is 3.81. The molecule has 0 aliphatic heterocycles. The minimum atomic E-state index is -0.283. The van der Waals surface area contributed by atoms with E-state index in [1.54, 1.807) is 12.3 Å². The molecule has 0 aliphatic rings. The van der Waals surface area contributed by atoms with Crippen LogP contribution >= 0.6 is 0 Å². The number of benzene rings is 2. The number of carbonyl (C=O) groups excluding carboxylic acids is 1. The summed E-state index contributed by atoms with van der Waals surface area (Å²) in [6.45, 7) is 4.53. The summed E-state index contributed by atoms with van der Waals surface area (Å²) in [4.78, 5) is 18.6. The van der Waals surface area contributed by atoms with Gasteiger partial charge >= 0.3 is 0 Å². The lowest BCUT2D eigenvalue weighted by molar-refractivity contribution is -0.121. The fourth-order valence-corrected chi connectivity index (χ4v) is 3.29.